The van der Waals surface area contributed by atoms with E-state index in [1.807, 2.05) is 48.5 Å². The first-order valence-electron chi connectivity index (χ1n) is 9.38. The molecule has 1 N–H and O–H groups in total. The maximum atomic E-state index is 6.28. The van der Waals surface area contributed by atoms with Crippen LogP contribution in [0.5, 0.6) is 0 Å². The number of anilines is 1. The zero-order valence-corrected chi connectivity index (χ0v) is 16.6. The van der Waals surface area contributed by atoms with Gasteiger partial charge >= 0.3 is 0 Å². The van der Waals surface area contributed by atoms with E-state index in [1.54, 1.807) is 4.52 Å². The van der Waals surface area contributed by atoms with E-state index < -0.39 is 0 Å². The minimum absolute atomic E-state index is 0.653. The number of halogens is 1. The Morgan fingerprint density at radius 1 is 0.966 bits per heavy atom. The number of aryl methyl sites for hydroxylation is 1. The molecule has 0 atom stereocenters. The number of nitrogens with zero attached hydrogens (tertiary/aromatic N) is 4. The van der Waals surface area contributed by atoms with Crippen LogP contribution in [0.4, 0.5) is 5.82 Å². The average Bonchev–Trinajstić information content (AvgIpc) is 3.16. The van der Waals surface area contributed by atoms with Gasteiger partial charge in [0.2, 0.25) is 0 Å². The van der Waals surface area contributed by atoms with Gasteiger partial charge in [-0.15, -0.1) is 5.10 Å². The van der Waals surface area contributed by atoms with Crippen molar-refractivity contribution in [3.63, 3.8) is 0 Å². The normalized spacial score (nSPS) is 11.2. The minimum atomic E-state index is 0.653. The zero-order valence-electron chi connectivity index (χ0n) is 15.8. The van der Waals surface area contributed by atoms with E-state index in [0.717, 1.165) is 28.0 Å². The minimum Gasteiger partial charge on any atom is -0.365 e. The van der Waals surface area contributed by atoms with Crippen molar-refractivity contribution in [2.24, 2.45) is 0 Å². The van der Waals surface area contributed by atoms with E-state index in [4.69, 9.17) is 16.6 Å². The third kappa shape index (κ3) is 3.30. The number of aromatic nitrogens is 4. The van der Waals surface area contributed by atoms with Crippen LogP contribution in [-0.2, 0) is 6.54 Å². The SMILES string of the molecule is Cc1cccc(-c2nnn3c2nc(NCc2ccccc2)c2cc(Cl)ccc23)c1. The molecular formula is C23H18ClN5. The average molecular weight is 400 g/mol. The molecule has 0 fully saturated rings. The number of benzene rings is 3. The van der Waals surface area contributed by atoms with Gasteiger partial charge in [-0.3, -0.25) is 0 Å². The zero-order chi connectivity index (χ0) is 19.8. The molecule has 0 amide bonds. The van der Waals surface area contributed by atoms with Crippen molar-refractivity contribution in [2.45, 2.75) is 13.5 Å². The number of fused-ring (bicyclic) bond motifs is 3. The Balaban J connectivity index is 1.69. The lowest BCUT2D eigenvalue weighted by Gasteiger charge is -2.11. The highest BCUT2D eigenvalue weighted by atomic mass is 35.5. The van der Waals surface area contributed by atoms with Gasteiger partial charge in [-0.25, -0.2) is 4.98 Å². The third-order valence-electron chi connectivity index (χ3n) is 4.90. The summed E-state index contributed by atoms with van der Waals surface area (Å²) < 4.78 is 1.77. The maximum Gasteiger partial charge on any atom is 0.186 e. The first-order valence-corrected chi connectivity index (χ1v) is 9.76. The van der Waals surface area contributed by atoms with Crippen molar-refractivity contribution < 1.29 is 0 Å². The van der Waals surface area contributed by atoms with Crippen LogP contribution in [0.1, 0.15) is 11.1 Å². The Morgan fingerprint density at radius 3 is 2.66 bits per heavy atom. The standard InChI is InChI=1S/C23H18ClN5/c1-15-6-5-9-17(12-15)21-23-26-22(25-14-16-7-3-2-4-8-16)19-13-18(24)10-11-20(19)29(23)28-27-21/h2-13H,14H2,1H3,(H,25,26). The van der Waals surface area contributed by atoms with Gasteiger partial charge in [0.15, 0.2) is 5.65 Å². The first kappa shape index (κ1) is 17.6. The fourth-order valence-electron chi connectivity index (χ4n) is 3.48. The fraction of sp³-hybridized carbons (Fsp3) is 0.0870. The highest BCUT2D eigenvalue weighted by Gasteiger charge is 2.16. The molecule has 3 aromatic carbocycles. The molecule has 5 nitrogen and oxygen atoms in total. The van der Waals surface area contributed by atoms with E-state index in [2.05, 4.69) is 46.8 Å². The van der Waals surface area contributed by atoms with Gasteiger partial charge in [0, 0.05) is 22.5 Å². The summed E-state index contributed by atoms with van der Waals surface area (Å²) in [4.78, 5) is 4.89. The highest BCUT2D eigenvalue weighted by Crippen LogP contribution is 2.30. The lowest BCUT2D eigenvalue weighted by atomic mass is 10.1. The van der Waals surface area contributed by atoms with Gasteiger partial charge in [0.05, 0.1) is 5.52 Å². The quantitative estimate of drug-likeness (QED) is 0.432. The molecule has 5 rings (SSSR count). The van der Waals surface area contributed by atoms with Gasteiger partial charge in [-0.05, 0) is 36.8 Å². The molecule has 0 aliphatic carbocycles. The highest BCUT2D eigenvalue weighted by molar-refractivity contribution is 6.31. The molecule has 142 valence electrons. The van der Waals surface area contributed by atoms with Crippen LogP contribution in [-0.4, -0.2) is 19.8 Å². The van der Waals surface area contributed by atoms with Crippen molar-refractivity contribution >= 4 is 34.0 Å². The predicted octanol–water partition coefficient (Wildman–Crippen LogP) is 5.52. The van der Waals surface area contributed by atoms with E-state index in [0.29, 0.717) is 17.2 Å². The summed E-state index contributed by atoms with van der Waals surface area (Å²) >= 11 is 6.28. The summed E-state index contributed by atoms with van der Waals surface area (Å²) in [6, 6.07) is 24.2. The summed E-state index contributed by atoms with van der Waals surface area (Å²) in [5.74, 6) is 0.759. The fourth-order valence-corrected chi connectivity index (χ4v) is 3.66. The van der Waals surface area contributed by atoms with E-state index in [9.17, 15) is 0 Å². The maximum absolute atomic E-state index is 6.28. The Labute approximate surface area is 173 Å². The molecular weight excluding hydrogens is 382 g/mol. The van der Waals surface area contributed by atoms with Gasteiger partial charge < -0.3 is 5.32 Å². The summed E-state index contributed by atoms with van der Waals surface area (Å²) in [5.41, 5.74) is 5.71. The molecule has 0 unspecified atom stereocenters. The summed E-state index contributed by atoms with van der Waals surface area (Å²) in [6.07, 6.45) is 0. The second-order valence-corrected chi connectivity index (χ2v) is 7.44. The number of hydrogen-bond acceptors (Lipinski definition) is 4. The lowest BCUT2D eigenvalue weighted by molar-refractivity contribution is 0.876. The molecule has 0 radical (unpaired) electrons. The van der Waals surface area contributed by atoms with Crippen molar-refractivity contribution in [3.8, 4) is 11.3 Å². The Bertz CT molecular complexity index is 1330. The molecule has 2 heterocycles. The van der Waals surface area contributed by atoms with Crippen LogP contribution in [0.15, 0.2) is 72.8 Å². The van der Waals surface area contributed by atoms with Gasteiger partial charge in [-0.2, -0.15) is 4.52 Å². The largest absolute Gasteiger partial charge is 0.365 e. The topological polar surface area (TPSA) is 55.1 Å². The number of nitrogens with one attached hydrogen (secondary N) is 1. The van der Waals surface area contributed by atoms with Crippen molar-refractivity contribution in [1.82, 2.24) is 19.8 Å². The third-order valence-corrected chi connectivity index (χ3v) is 5.14. The lowest BCUT2D eigenvalue weighted by Crippen LogP contribution is -2.05. The van der Waals surface area contributed by atoms with Crippen LogP contribution in [0.2, 0.25) is 5.02 Å². The number of hydrogen-bond donors (Lipinski definition) is 1. The van der Waals surface area contributed by atoms with Gasteiger partial charge in [0.25, 0.3) is 0 Å². The number of rotatable bonds is 4. The molecule has 6 heteroatoms. The molecule has 0 aliphatic rings. The van der Waals surface area contributed by atoms with E-state index in [-0.39, 0.29) is 0 Å². The van der Waals surface area contributed by atoms with E-state index >= 15 is 0 Å². The second kappa shape index (κ2) is 7.18. The summed E-state index contributed by atoms with van der Waals surface area (Å²) in [6.45, 7) is 2.72. The van der Waals surface area contributed by atoms with Crippen LogP contribution >= 0.6 is 11.6 Å². The molecule has 0 spiro atoms. The van der Waals surface area contributed by atoms with Gasteiger partial charge in [0.1, 0.15) is 11.5 Å². The smallest absolute Gasteiger partial charge is 0.186 e. The first-order chi connectivity index (χ1) is 14.2. The Morgan fingerprint density at radius 2 is 1.83 bits per heavy atom. The van der Waals surface area contributed by atoms with Crippen molar-refractivity contribution in [1.29, 1.82) is 0 Å². The van der Waals surface area contributed by atoms with E-state index in [1.165, 1.54) is 11.1 Å². The Kier molecular flexibility index (Phi) is 4.37. The summed E-state index contributed by atoms with van der Waals surface area (Å²) in [7, 11) is 0. The van der Waals surface area contributed by atoms with Crippen LogP contribution < -0.4 is 5.32 Å². The molecule has 0 bridgehead atoms. The molecule has 0 saturated heterocycles. The summed E-state index contributed by atoms with van der Waals surface area (Å²) in [5, 5.41) is 13.8. The monoisotopic (exact) mass is 399 g/mol. The van der Waals surface area contributed by atoms with Crippen LogP contribution in [0.3, 0.4) is 0 Å². The second-order valence-electron chi connectivity index (χ2n) is 7.00. The molecule has 0 saturated carbocycles. The predicted molar refractivity (Wildman–Crippen MR) is 117 cm³/mol. The van der Waals surface area contributed by atoms with Crippen molar-refractivity contribution in [2.75, 3.05) is 5.32 Å². The molecule has 0 aliphatic heterocycles. The van der Waals surface area contributed by atoms with Crippen LogP contribution in [0, 0.1) is 6.92 Å². The molecule has 5 aromatic rings. The molecule has 2 aromatic heterocycles. The molecule has 29 heavy (non-hydrogen) atoms. The Hall–Kier alpha value is -3.44. The van der Waals surface area contributed by atoms with Gasteiger partial charge in [-0.1, -0.05) is 70.9 Å². The van der Waals surface area contributed by atoms with Crippen molar-refractivity contribution in [3.05, 3.63) is 88.9 Å². The van der Waals surface area contributed by atoms with Crippen LogP contribution in [0.25, 0.3) is 27.8 Å².